The second-order valence-corrected chi connectivity index (χ2v) is 7.78. The van der Waals surface area contributed by atoms with Crippen molar-refractivity contribution in [1.29, 1.82) is 0 Å². The summed E-state index contributed by atoms with van der Waals surface area (Å²) in [6.07, 6.45) is 1.43. The molecular weight excluding hydrogens is 410 g/mol. The average Bonchev–Trinajstić information content (AvgIpc) is 2.68. The van der Waals surface area contributed by atoms with Gasteiger partial charge in [0.2, 0.25) is 5.91 Å². The Morgan fingerprint density at radius 3 is 2.41 bits per heavy atom. The van der Waals surface area contributed by atoms with Crippen LogP contribution >= 0.6 is 15.9 Å². The van der Waals surface area contributed by atoms with Crippen molar-refractivity contribution in [3.05, 3.63) is 28.2 Å². The number of carbonyl (C=O) groups excluding carboxylic acids is 2. The second-order valence-electron chi connectivity index (χ2n) is 6.87. The Hall–Kier alpha value is -1.76. The van der Waals surface area contributed by atoms with E-state index in [0.717, 1.165) is 15.8 Å². The summed E-state index contributed by atoms with van der Waals surface area (Å²) in [4.78, 5) is 30.8. The number of carbonyl (C=O) groups is 2. The number of ether oxygens (including phenoxy) is 1. The molecule has 7 heteroatoms. The summed E-state index contributed by atoms with van der Waals surface area (Å²) in [6.45, 7) is 7.18. The van der Waals surface area contributed by atoms with Crippen molar-refractivity contribution in [3.8, 4) is 5.75 Å². The molecular formula is C20H30BrN3O3. The van der Waals surface area contributed by atoms with E-state index in [-0.39, 0.29) is 17.9 Å². The zero-order chi connectivity index (χ0) is 20.0. The van der Waals surface area contributed by atoms with Crippen molar-refractivity contribution >= 4 is 27.9 Å². The number of piperidine rings is 1. The minimum absolute atomic E-state index is 0.0334. The Kier molecular flexibility index (Phi) is 7.95. The highest BCUT2D eigenvalue weighted by Crippen LogP contribution is 2.26. The SMILES string of the molecule is CCN(CC)C(=O)N1CCC(C(=O)N(C)Cc2cc(Br)ccc2OC)CC1. The Morgan fingerprint density at radius 1 is 1.22 bits per heavy atom. The molecule has 0 bridgehead atoms. The zero-order valence-electron chi connectivity index (χ0n) is 16.7. The summed E-state index contributed by atoms with van der Waals surface area (Å²) in [7, 11) is 3.47. The third-order valence-corrected chi connectivity index (χ3v) is 5.67. The van der Waals surface area contributed by atoms with E-state index >= 15 is 0 Å². The molecule has 0 N–H and O–H groups in total. The predicted octanol–water partition coefficient (Wildman–Crippen LogP) is 3.59. The molecule has 150 valence electrons. The fourth-order valence-electron chi connectivity index (χ4n) is 3.53. The molecule has 6 nitrogen and oxygen atoms in total. The standard InChI is InChI=1S/C20H30BrN3O3/c1-5-23(6-2)20(26)24-11-9-15(10-12-24)19(25)22(3)14-16-13-17(21)7-8-18(16)27-4/h7-8,13,15H,5-6,9-12,14H2,1-4H3. The van der Waals surface area contributed by atoms with E-state index in [1.165, 1.54) is 0 Å². The molecule has 1 fully saturated rings. The van der Waals surface area contributed by atoms with Gasteiger partial charge in [-0.2, -0.15) is 0 Å². The zero-order valence-corrected chi connectivity index (χ0v) is 18.3. The molecule has 2 rings (SSSR count). The molecule has 0 saturated carbocycles. The van der Waals surface area contributed by atoms with E-state index in [0.29, 0.717) is 45.6 Å². The lowest BCUT2D eigenvalue weighted by molar-refractivity contribution is -0.136. The number of benzene rings is 1. The Labute approximate surface area is 170 Å². The molecule has 1 aromatic rings. The van der Waals surface area contributed by atoms with Crippen molar-refractivity contribution in [2.24, 2.45) is 5.92 Å². The van der Waals surface area contributed by atoms with E-state index in [1.807, 2.05) is 48.9 Å². The maximum Gasteiger partial charge on any atom is 0.319 e. The summed E-state index contributed by atoms with van der Waals surface area (Å²) in [5.74, 6) is 0.873. The first-order chi connectivity index (χ1) is 12.9. The molecule has 0 atom stereocenters. The molecule has 0 aliphatic carbocycles. The lowest BCUT2D eigenvalue weighted by Crippen LogP contribution is -2.48. The monoisotopic (exact) mass is 439 g/mol. The van der Waals surface area contributed by atoms with Gasteiger partial charge in [-0.3, -0.25) is 4.79 Å². The Bertz CT molecular complexity index is 656. The molecule has 3 amide bonds. The number of likely N-dealkylation sites (tertiary alicyclic amines) is 1. The maximum absolute atomic E-state index is 12.9. The van der Waals surface area contributed by atoms with Crippen LogP contribution in [0, 0.1) is 5.92 Å². The van der Waals surface area contributed by atoms with E-state index in [9.17, 15) is 9.59 Å². The molecule has 27 heavy (non-hydrogen) atoms. The maximum atomic E-state index is 12.9. The predicted molar refractivity (Wildman–Crippen MR) is 110 cm³/mol. The van der Waals surface area contributed by atoms with Gasteiger partial charge in [-0.1, -0.05) is 15.9 Å². The highest BCUT2D eigenvalue weighted by Gasteiger charge is 2.30. The first kappa shape index (κ1) is 21.5. The number of halogens is 1. The number of amides is 3. The summed E-state index contributed by atoms with van der Waals surface area (Å²) in [5.41, 5.74) is 0.969. The highest BCUT2D eigenvalue weighted by molar-refractivity contribution is 9.10. The van der Waals surface area contributed by atoms with Gasteiger partial charge in [0.15, 0.2) is 0 Å². The molecule has 0 unspecified atom stereocenters. The van der Waals surface area contributed by atoms with Crippen LogP contribution in [0.2, 0.25) is 0 Å². The molecule has 1 aliphatic rings. The normalized spacial score (nSPS) is 14.8. The van der Waals surface area contributed by atoms with Crippen molar-refractivity contribution in [2.45, 2.75) is 33.2 Å². The summed E-state index contributed by atoms with van der Waals surface area (Å²) >= 11 is 3.47. The molecule has 1 heterocycles. The third-order valence-electron chi connectivity index (χ3n) is 5.17. The molecule has 0 spiro atoms. The number of urea groups is 1. The van der Waals surface area contributed by atoms with Crippen LogP contribution in [0.3, 0.4) is 0 Å². The number of rotatable bonds is 6. The van der Waals surface area contributed by atoms with Gasteiger partial charge in [0, 0.05) is 55.7 Å². The van der Waals surface area contributed by atoms with Crippen LogP contribution in [-0.2, 0) is 11.3 Å². The van der Waals surface area contributed by atoms with Crippen molar-refractivity contribution < 1.29 is 14.3 Å². The van der Waals surface area contributed by atoms with Crippen LogP contribution in [0.15, 0.2) is 22.7 Å². The number of nitrogens with zero attached hydrogens (tertiary/aromatic N) is 3. The minimum Gasteiger partial charge on any atom is -0.496 e. The lowest BCUT2D eigenvalue weighted by atomic mass is 9.95. The van der Waals surface area contributed by atoms with Crippen molar-refractivity contribution in [2.75, 3.05) is 40.3 Å². The minimum atomic E-state index is -0.0334. The van der Waals surface area contributed by atoms with E-state index < -0.39 is 0 Å². The van der Waals surface area contributed by atoms with E-state index in [4.69, 9.17) is 4.74 Å². The molecule has 0 radical (unpaired) electrons. The quantitative estimate of drug-likeness (QED) is 0.680. The van der Waals surface area contributed by atoms with Gasteiger partial charge in [-0.15, -0.1) is 0 Å². The molecule has 1 aliphatic heterocycles. The number of methoxy groups -OCH3 is 1. The second kappa shape index (κ2) is 9.97. The van der Waals surface area contributed by atoms with Crippen LogP contribution in [0.4, 0.5) is 4.79 Å². The first-order valence-electron chi connectivity index (χ1n) is 9.52. The first-order valence-corrected chi connectivity index (χ1v) is 10.3. The van der Waals surface area contributed by atoms with Gasteiger partial charge in [-0.25, -0.2) is 4.79 Å². The smallest absolute Gasteiger partial charge is 0.319 e. The van der Waals surface area contributed by atoms with Crippen molar-refractivity contribution in [3.63, 3.8) is 0 Å². The van der Waals surface area contributed by atoms with Gasteiger partial charge in [0.05, 0.1) is 7.11 Å². The third kappa shape index (κ3) is 5.37. The van der Waals surface area contributed by atoms with Gasteiger partial charge < -0.3 is 19.4 Å². The lowest BCUT2D eigenvalue weighted by Gasteiger charge is -2.36. The Morgan fingerprint density at radius 2 is 1.85 bits per heavy atom. The number of hydrogen-bond acceptors (Lipinski definition) is 3. The van der Waals surface area contributed by atoms with E-state index in [1.54, 1.807) is 12.0 Å². The van der Waals surface area contributed by atoms with Crippen LogP contribution in [0.5, 0.6) is 5.75 Å². The number of hydrogen-bond donors (Lipinski definition) is 0. The average molecular weight is 440 g/mol. The van der Waals surface area contributed by atoms with Gasteiger partial charge in [-0.05, 0) is 44.9 Å². The fourth-order valence-corrected chi connectivity index (χ4v) is 3.94. The fraction of sp³-hybridized carbons (Fsp3) is 0.600. The van der Waals surface area contributed by atoms with Crippen LogP contribution < -0.4 is 4.74 Å². The summed E-state index contributed by atoms with van der Waals surface area (Å²) in [6, 6.07) is 5.88. The van der Waals surface area contributed by atoms with E-state index in [2.05, 4.69) is 15.9 Å². The highest BCUT2D eigenvalue weighted by atomic mass is 79.9. The summed E-state index contributed by atoms with van der Waals surface area (Å²) in [5, 5.41) is 0. The molecule has 1 aromatic carbocycles. The van der Waals surface area contributed by atoms with Gasteiger partial charge >= 0.3 is 6.03 Å². The van der Waals surface area contributed by atoms with Crippen LogP contribution in [0.25, 0.3) is 0 Å². The molecule has 0 aromatic heterocycles. The van der Waals surface area contributed by atoms with Crippen LogP contribution in [0.1, 0.15) is 32.3 Å². The largest absolute Gasteiger partial charge is 0.496 e. The Balaban J connectivity index is 1.93. The summed E-state index contributed by atoms with van der Waals surface area (Å²) < 4.78 is 6.36. The van der Waals surface area contributed by atoms with Crippen LogP contribution in [-0.4, -0.2) is 67.0 Å². The van der Waals surface area contributed by atoms with Gasteiger partial charge in [0.25, 0.3) is 0 Å². The topological polar surface area (TPSA) is 53.1 Å². The van der Waals surface area contributed by atoms with Crippen molar-refractivity contribution in [1.82, 2.24) is 14.7 Å². The molecule has 1 saturated heterocycles. The van der Waals surface area contributed by atoms with Gasteiger partial charge in [0.1, 0.15) is 5.75 Å².